The fraction of sp³-hybridized carbons (Fsp3) is 1.00. The first-order valence-electron chi connectivity index (χ1n) is 7.83. The minimum Gasteiger partial charge on any atom is -0.324 e. The van der Waals surface area contributed by atoms with Gasteiger partial charge in [-0.3, -0.25) is 0 Å². The molecule has 0 spiro atoms. The first-order valence-corrected chi connectivity index (χ1v) is 7.83. The quantitative estimate of drug-likeness (QED) is 0.762. The van der Waals surface area contributed by atoms with Crippen LogP contribution in [0, 0.1) is 23.7 Å². The molecule has 0 aromatic carbocycles. The van der Waals surface area contributed by atoms with E-state index in [4.69, 9.17) is 5.73 Å². The largest absolute Gasteiger partial charge is 0.324 e. The highest BCUT2D eigenvalue weighted by Gasteiger charge is 2.30. The average molecular weight is 254 g/mol. The summed E-state index contributed by atoms with van der Waals surface area (Å²) in [5.41, 5.74) is 6.58. The van der Waals surface area contributed by atoms with Gasteiger partial charge in [-0.15, -0.1) is 0 Å². The van der Waals surface area contributed by atoms with Gasteiger partial charge in [-0.05, 0) is 43.1 Å². The van der Waals surface area contributed by atoms with E-state index in [9.17, 15) is 0 Å². The molecule has 1 fully saturated rings. The number of nitrogens with two attached hydrogens (primary N) is 1. The molecule has 0 bridgehead atoms. The minimum atomic E-state index is 0.0518. The highest BCUT2D eigenvalue weighted by atomic mass is 14.9. The minimum absolute atomic E-state index is 0.0518. The molecule has 0 aliphatic heterocycles. The summed E-state index contributed by atoms with van der Waals surface area (Å²) < 4.78 is 0. The van der Waals surface area contributed by atoms with Crippen LogP contribution in [0.3, 0.4) is 0 Å². The highest BCUT2D eigenvalue weighted by Crippen LogP contribution is 2.30. The second-order valence-corrected chi connectivity index (χ2v) is 7.35. The first-order chi connectivity index (χ1) is 8.34. The van der Waals surface area contributed by atoms with Crippen LogP contribution < -0.4 is 11.1 Å². The molecule has 1 aliphatic carbocycles. The molecule has 1 aliphatic rings. The van der Waals surface area contributed by atoms with Crippen molar-refractivity contribution in [3.05, 3.63) is 0 Å². The molecular formula is C16H34N2. The standard InChI is InChI=1S/C16H34N2/c1-12(2)15(13(3)4)10-18-11-16(17)8-6-7-14(5)9-16/h12-15,18H,6-11,17H2,1-5H3. The molecule has 2 unspecified atom stereocenters. The van der Waals surface area contributed by atoms with Crippen molar-refractivity contribution in [2.45, 2.75) is 65.8 Å². The van der Waals surface area contributed by atoms with Gasteiger partial charge in [-0.25, -0.2) is 0 Å². The van der Waals surface area contributed by atoms with E-state index in [0.29, 0.717) is 0 Å². The van der Waals surface area contributed by atoms with Gasteiger partial charge in [0.05, 0.1) is 0 Å². The molecule has 0 radical (unpaired) electrons. The SMILES string of the molecule is CC1CCCC(N)(CNCC(C(C)C)C(C)C)C1. The average Bonchev–Trinajstić information content (AvgIpc) is 2.22. The van der Waals surface area contributed by atoms with E-state index in [1.54, 1.807) is 0 Å². The number of nitrogens with one attached hydrogen (secondary N) is 1. The van der Waals surface area contributed by atoms with Gasteiger partial charge in [0.2, 0.25) is 0 Å². The van der Waals surface area contributed by atoms with E-state index in [0.717, 1.165) is 36.8 Å². The maximum Gasteiger partial charge on any atom is 0.0283 e. The highest BCUT2D eigenvalue weighted by molar-refractivity contribution is 4.91. The maximum atomic E-state index is 6.53. The lowest BCUT2D eigenvalue weighted by atomic mass is 9.77. The molecular weight excluding hydrogens is 220 g/mol. The molecule has 2 heteroatoms. The smallest absolute Gasteiger partial charge is 0.0283 e. The van der Waals surface area contributed by atoms with Crippen molar-refractivity contribution in [3.63, 3.8) is 0 Å². The number of rotatable bonds is 6. The van der Waals surface area contributed by atoms with Gasteiger partial charge in [0.25, 0.3) is 0 Å². The fourth-order valence-corrected chi connectivity index (χ4v) is 3.59. The first kappa shape index (κ1) is 16.0. The van der Waals surface area contributed by atoms with Crippen molar-refractivity contribution >= 4 is 0 Å². The van der Waals surface area contributed by atoms with Crippen molar-refractivity contribution in [1.82, 2.24) is 5.32 Å². The lowest BCUT2D eigenvalue weighted by Crippen LogP contribution is -2.52. The van der Waals surface area contributed by atoms with E-state index in [-0.39, 0.29) is 5.54 Å². The van der Waals surface area contributed by atoms with E-state index < -0.39 is 0 Å². The normalized spacial score (nSPS) is 29.5. The van der Waals surface area contributed by atoms with Gasteiger partial charge < -0.3 is 11.1 Å². The third-order valence-electron chi connectivity index (χ3n) is 4.70. The molecule has 2 nitrogen and oxygen atoms in total. The molecule has 1 rings (SSSR count). The molecule has 3 N–H and O–H groups in total. The Morgan fingerprint density at radius 1 is 1.22 bits per heavy atom. The zero-order valence-corrected chi connectivity index (χ0v) is 13.1. The Kier molecular flexibility index (Phi) is 6.13. The zero-order chi connectivity index (χ0) is 13.8. The Labute approximate surface area is 114 Å². The fourth-order valence-electron chi connectivity index (χ4n) is 3.59. The van der Waals surface area contributed by atoms with Crippen LogP contribution in [0.25, 0.3) is 0 Å². The Balaban J connectivity index is 2.35. The van der Waals surface area contributed by atoms with Crippen LogP contribution in [0.5, 0.6) is 0 Å². The van der Waals surface area contributed by atoms with Crippen LogP contribution in [-0.2, 0) is 0 Å². The van der Waals surface area contributed by atoms with E-state index >= 15 is 0 Å². The van der Waals surface area contributed by atoms with Crippen LogP contribution in [0.15, 0.2) is 0 Å². The Morgan fingerprint density at radius 2 is 1.83 bits per heavy atom. The van der Waals surface area contributed by atoms with Crippen molar-refractivity contribution in [2.24, 2.45) is 29.4 Å². The summed E-state index contributed by atoms with van der Waals surface area (Å²) in [6.45, 7) is 13.8. The summed E-state index contributed by atoms with van der Waals surface area (Å²) in [5.74, 6) is 3.05. The van der Waals surface area contributed by atoms with Gasteiger partial charge >= 0.3 is 0 Å². The van der Waals surface area contributed by atoms with Crippen molar-refractivity contribution in [3.8, 4) is 0 Å². The van der Waals surface area contributed by atoms with E-state index in [1.807, 2.05) is 0 Å². The summed E-state index contributed by atoms with van der Waals surface area (Å²) in [6, 6.07) is 0. The second kappa shape index (κ2) is 6.91. The summed E-state index contributed by atoms with van der Waals surface area (Å²) in [6.07, 6.45) is 5.04. The Hall–Kier alpha value is -0.0800. The third-order valence-corrected chi connectivity index (χ3v) is 4.70. The molecule has 2 atom stereocenters. The summed E-state index contributed by atoms with van der Waals surface area (Å²) in [5, 5.41) is 3.65. The zero-order valence-electron chi connectivity index (χ0n) is 13.1. The Morgan fingerprint density at radius 3 is 2.33 bits per heavy atom. The lowest BCUT2D eigenvalue weighted by Gasteiger charge is -2.38. The molecule has 0 heterocycles. The topological polar surface area (TPSA) is 38.0 Å². The maximum absolute atomic E-state index is 6.53. The molecule has 0 aromatic rings. The van der Waals surface area contributed by atoms with E-state index in [2.05, 4.69) is 39.9 Å². The number of hydrogen-bond acceptors (Lipinski definition) is 2. The van der Waals surface area contributed by atoms with Crippen molar-refractivity contribution < 1.29 is 0 Å². The Bertz CT molecular complexity index is 229. The monoisotopic (exact) mass is 254 g/mol. The van der Waals surface area contributed by atoms with Crippen LogP contribution in [0.4, 0.5) is 0 Å². The van der Waals surface area contributed by atoms with Gasteiger partial charge in [0, 0.05) is 12.1 Å². The number of hydrogen-bond donors (Lipinski definition) is 2. The van der Waals surface area contributed by atoms with Gasteiger partial charge in [-0.2, -0.15) is 0 Å². The third kappa shape index (κ3) is 4.89. The molecule has 108 valence electrons. The van der Waals surface area contributed by atoms with Gasteiger partial charge in [0.15, 0.2) is 0 Å². The van der Waals surface area contributed by atoms with Crippen LogP contribution in [0.2, 0.25) is 0 Å². The predicted molar refractivity (Wildman–Crippen MR) is 80.6 cm³/mol. The second-order valence-electron chi connectivity index (χ2n) is 7.35. The van der Waals surface area contributed by atoms with Crippen LogP contribution in [-0.4, -0.2) is 18.6 Å². The van der Waals surface area contributed by atoms with Crippen LogP contribution >= 0.6 is 0 Å². The van der Waals surface area contributed by atoms with Gasteiger partial charge in [0.1, 0.15) is 0 Å². The van der Waals surface area contributed by atoms with Gasteiger partial charge in [-0.1, -0.05) is 47.5 Å². The molecule has 0 amide bonds. The van der Waals surface area contributed by atoms with Crippen LogP contribution in [0.1, 0.15) is 60.3 Å². The summed E-state index contributed by atoms with van der Waals surface area (Å²) in [7, 11) is 0. The predicted octanol–water partition coefficient (Wildman–Crippen LogP) is 3.41. The van der Waals surface area contributed by atoms with Crippen molar-refractivity contribution in [2.75, 3.05) is 13.1 Å². The molecule has 0 aromatic heterocycles. The molecule has 0 saturated heterocycles. The van der Waals surface area contributed by atoms with E-state index in [1.165, 1.54) is 25.7 Å². The lowest BCUT2D eigenvalue weighted by molar-refractivity contribution is 0.213. The summed E-state index contributed by atoms with van der Waals surface area (Å²) >= 11 is 0. The van der Waals surface area contributed by atoms with Crippen molar-refractivity contribution in [1.29, 1.82) is 0 Å². The molecule has 1 saturated carbocycles. The molecule has 18 heavy (non-hydrogen) atoms. The summed E-state index contributed by atoms with van der Waals surface area (Å²) in [4.78, 5) is 0.